The van der Waals surface area contributed by atoms with E-state index in [1.807, 2.05) is 0 Å². The molecule has 0 spiro atoms. The van der Waals surface area contributed by atoms with Crippen LogP contribution in [0.2, 0.25) is 0 Å². The molecule has 1 unspecified atom stereocenters. The number of amides is 4. The van der Waals surface area contributed by atoms with Gasteiger partial charge >= 0.3 is 0 Å². The molecule has 3 heterocycles. The molecule has 0 aliphatic carbocycles. The van der Waals surface area contributed by atoms with Gasteiger partial charge in [-0.1, -0.05) is 6.07 Å². The zero-order valence-electron chi connectivity index (χ0n) is 17.9. The molecule has 0 radical (unpaired) electrons. The summed E-state index contributed by atoms with van der Waals surface area (Å²) in [5.41, 5.74) is 1.17. The van der Waals surface area contributed by atoms with Crippen molar-refractivity contribution in [1.29, 1.82) is 0 Å². The lowest BCUT2D eigenvalue weighted by Crippen LogP contribution is -2.54. The molecule has 32 heavy (non-hydrogen) atoms. The van der Waals surface area contributed by atoms with Crippen LogP contribution >= 0.6 is 12.4 Å². The second-order valence-corrected chi connectivity index (χ2v) is 8.13. The Labute approximate surface area is 193 Å². The molecule has 3 N–H and O–H groups in total. The molecule has 2 saturated heterocycles. The van der Waals surface area contributed by atoms with Gasteiger partial charge in [-0.3, -0.25) is 29.4 Å². The standard InChI is InChI=1S/C22H28N4O5.ClH/c27-18-7-6-17(20(28)25-18)26-21(29)15-4-3-5-16(19(15)22(26)30)24-10-1-2-13-31-14-8-11-23-12-9-14;/h3-5,14,17,23-24H,1-2,6-13H2,(H,25,27,28);1H. The average molecular weight is 465 g/mol. The largest absolute Gasteiger partial charge is 0.384 e. The van der Waals surface area contributed by atoms with Crippen LogP contribution in [-0.2, 0) is 14.3 Å². The second-order valence-electron chi connectivity index (χ2n) is 8.13. The van der Waals surface area contributed by atoms with Crippen LogP contribution in [0.4, 0.5) is 5.69 Å². The van der Waals surface area contributed by atoms with Crippen LogP contribution in [0.5, 0.6) is 0 Å². The first-order chi connectivity index (χ1) is 15.1. The lowest BCUT2D eigenvalue weighted by Gasteiger charge is -2.27. The van der Waals surface area contributed by atoms with Crippen molar-refractivity contribution >= 4 is 41.7 Å². The van der Waals surface area contributed by atoms with Crippen molar-refractivity contribution in [3.05, 3.63) is 29.3 Å². The number of fused-ring (bicyclic) bond motifs is 1. The number of unbranched alkanes of at least 4 members (excludes halogenated alkanes) is 1. The van der Waals surface area contributed by atoms with Crippen molar-refractivity contribution in [3.63, 3.8) is 0 Å². The highest BCUT2D eigenvalue weighted by atomic mass is 35.5. The van der Waals surface area contributed by atoms with Gasteiger partial charge in [0.05, 0.1) is 17.2 Å². The Morgan fingerprint density at radius 1 is 1.03 bits per heavy atom. The van der Waals surface area contributed by atoms with E-state index in [1.165, 1.54) is 0 Å². The van der Waals surface area contributed by atoms with Crippen LogP contribution in [-0.4, -0.2) is 66.9 Å². The first-order valence-electron chi connectivity index (χ1n) is 11.0. The van der Waals surface area contributed by atoms with Gasteiger partial charge in [0, 0.05) is 25.3 Å². The molecule has 2 fully saturated rings. The number of nitrogens with one attached hydrogen (secondary N) is 3. The van der Waals surface area contributed by atoms with Gasteiger partial charge < -0.3 is 15.4 Å². The third-order valence-corrected chi connectivity index (χ3v) is 5.99. The van der Waals surface area contributed by atoms with E-state index in [-0.39, 0.29) is 36.7 Å². The van der Waals surface area contributed by atoms with E-state index < -0.39 is 23.8 Å². The lowest BCUT2D eigenvalue weighted by atomic mass is 10.0. The maximum absolute atomic E-state index is 13.0. The minimum Gasteiger partial charge on any atom is -0.384 e. The summed E-state index contributed by atoms with van der Waals surface area (Å²) in [6.07, 6.45) is 4.47. The van der Waals surface area contributed by atoms with Crippen LogP contribution in [0, 0.1) is 0 Å². The Morgan fingerprint density at radius 3 is 2.56 bits per heavy atom. The maximum atomic E-state index is 13.0. The van der Waals surface area contributed by atoms with E-state index in [0.717, 1.165) is 43.7 Å². The third-order valence-electron chi connectivity index (χ3n) is 5.99. The average Bonchev–Trinajstić information content (AvgIpc) is 3.02. The summed E-state index contributed by atoms with van der Waals surface area (Å²) >= 11 is 0. The third kappa shape index (κ3) is 5.11. The van der Waals surface area contributed by atoms with Crippen LogP contribution in [0.15, 0.2) is 18.2 Å². The number of carbonyl (C=O) groups is 4. The number of imide groups is 2. The molecule has 9 nitrogen and oxygen atoms in total. The molecule has 4 amide bonds. The molecule has 0 bridgehead atoms. The van der Waals surface area contributed by atoms with Gasteiger partial charge in [-0.2, -0.15) is 0 Å². The summed E-state index contributed by atoms with van der Waals surface area (Å²) in [6.45, 7) is 3.37. The Balaban J connectivity index is 0.00000289. The number of hydrogen-bond donors (Lipinski definition) is 3. The van der Waals surface area contributed by atoms with Crippen molar-refractivity contribution in [2.24, 2.45) is 0 Å². The highest BCUT2D eigenvalue weighted by Gasteiger charge is 2.45. The van der Waals surface area contributed by atoms with E-state index in [1.54, 1.807) is 18.2 Å². The summed E-state index contributed by atoms with van der Waals surface area (Å²) < 4.78 is 5.90. The van der Waals surface area contributed by atoms with Crippen LogP contribution in [0.25, 0.3) is 0 Å². The van der Waals surface area contributed by atoms with Crippen LogP contribution in [0.3, 0.4) is 0 Å². The van der Waals surface area contributed by atoms with Crippen molar-refractivity contribution in [1.82, 2.24) is 15.5 Å². The zero-order chi connectivity index (χ0) is 21.8. The number of carbonyl (C=O) groups excluding carboxylic acids is 4. The predicted molar refractivity (Wildman–Crippen MR) is 120 cm³/mol. The Hall–Kier alpha value is -2.49. The van der Waals surface area contributed by atoms with E-state index in [9.17, 15) is 19.2 Å². The second kappa shape index (κ2) is 10.9. The molecule has 1 aromatic carbocycles. The Kier molecular flexibility index (Phi) is 8.22. The van der Waals surface area contributed by atoms with Gasteiger partial charge in [0.25, 0.3) is 11.8 Å². The number of nitrogens with zero attached hydrogens (tertiary/aromatic N) is 1. The van der Waals surface area contributed by atoms with Crippen molar-refractivity contribution < 1.29 is 23.9 Å². The highest BCUT2D eigenvalue weighted by Crippen LogP contribution is 2.32. The normalized spacial score (nSPS) is 21.2. The van der Waals surface area contributed by atoms with E-state index >= 15 is 0 Å². The summed E-state index contributed by atoms with van der Waals surface area (Å²) in [5, 5.41) is 8.78. The molecular formula is C22H29ClN4O5. The fourth-order valence-corrected chi connectivity index (χ4v) is 4.32. The van der Waals surface area contributed by atoms with E-state index in [4.69, 9.17) is 4.74 Å². The number of anilines is 1. The Bertz CT molecular complexity index is 887. The van der Waals surface area contributed by atoms with Crippen molar-refractivity contribution in [3.8, 4) is 0 Å². The van der Waals surface area contributed by atoms with Crippen molar-refractivity contribution in [2.75, 3.05) is 31.6 Å². The number of rotatable bonds is 8. The number of ether oxygens (including phenoxy) is 1. The molecule has 3 aliphatic rings. The molecule has 0 saturated carbocycles. The smallest absolute Gasteiger partial charge is 0.264 e. The van der Waals surface area contributed by atoms with Crippen LogP contribution in [0.1, 0.15) is 59.2 Å². The summed E-state index contributed by atoms with van der Waals surface area (Å²) in [6, 6.07) is 4.13. The predicted octanol–water partition coefficient (Wildman–Crippen LogP) is 1.47. The number of benzene rings is 1. The molecular weight excluding hydrogens is 436 g/mol. The number of hydrogen-bond acceptors (Lipinski definition) is 7. The first-order valence-corrected chi connectivity index (χ1v) is 11.0. The van der Waals surface area contributed by atoms with Gasteiger partial charge in [0.1, 0.15) is 6.04 Å². The summed E-state index contributed by atoms with van der Waals surface area (Å²) in [7, 11) is 0. The van der Waals surface area contributed by atoms with Gasteiger partial charge in [0.15, 0.2) is 0 Å². The number of halogens is 1. The first kappa shape index (κ1) is 24.2. The summed E-state index contributed by atoms with van der Waals surface area (Å²) in [5.74, 6) is -1.97. The van der Waals surface area contributed by atoms with Gasteiger partial charge in [-0.25, -0.2) is 0 Å². The van der Waals surface area contributed by atoms with Gasteiger partial charge in [-0.05, 0) is 57.3 Å². The molecule has 0 aromatic heterocycles. The minimum atomic E-state index is -0.954. The van der Waals surface area contributed by atoms with Gasteiger partial charge in [-0.15, -0.1) is 12.4 Å². The molecule has 4 rings (SSSR count). The molecule has 3 aliphatic heterocycles. The maximum Gasteiger partial charge on any atom is 0.264 e. The SMILES string of the molecule is Cl.O=C1CCC(N2C(=O)c3cccc(NCCCCOC4CCNCC4)c3C2=O)C(=O)N1. The number of piperidine rings is 2. The minimum absolute atomic E-state index is 0. The van der Waals surface area contributed by atoms with Gasteiger partial charge in [0.2, 0.25) is 11.8 Å². The fraction of sp³-hybridized carbons (Fsp3) is 0.545. The topological polar surface area (TPSA) is 117 Å². The fourth-order valence-electron chi connectivity index (χ4n) is 4.32. The molecule has 10 heteroatoms. The molecule has 174 valence electrons. The quantitative estimate of drug-likeness (QED) is 0.394. The van der Waals surface area contributed by atoms with E-state index in [0.29, 0.717) is 30.5 Å². The zero-order valence-corrected chi connectivity index (χ0v) is 18.7. The monoisotopic (exact) mass is 464 g/mol. The Morgan fingerprint density at radius 2 is 1.81 bits per heavy atom. The highest BCUT2D eigenvalue weighted by molar-refractivity contribution is 6.25. The summed E-state index contributed by atoms with van der Waals surface area (Å²) in [4.78, 5) is 50.5. The molecule has 1 aromatic rings. The molecule has 1 atom stereocenters. The lowest BCUT2D eigenvalue weighted by molar-refractivity contribution is -0.136. The van der Waals surface area contributed by atoms with Crippen molar-refractivity contribution in [2.45, 2.75) is 50.7 Å². The van der Waals surface area contributed by atoms with E-state index in [2.05, 4.69) is 16.0 Å². The van der Waals surface area contributed by atoms with Crippen LogP contribution < -0.4 is 16.0 Å².